The summed E-state index contributed by atoms with van der Waals surface area (Å²) in [7, 11) is 0. The summed E-state index contributed by atoms with van der Waals surface area (Å²) in [4.78, 5) is 0. The predicted octanol–water partition coefficient (Wildman–Crippen LogP) is 4.86. The van der Waals surface area contributed by atoms with Gasteiger partial charge in [-0.3, -0.25) is 0 Å². The van der Waals surface area contributed by atoms with Crippen LogP contribution in [0.4, 0.5) is 0 Å². The molecule has 1 unspecified atom stereocenters. The molecule has 0 aliphatic carbocycles. The molecule has 1 atom stereocenters. The summed E-state index contributed by atoms with van der Waals surface area (Å²) in [6.45, 7) is 4.18. The zero-order valence-electron chi connectivity index (χ0n) is 12.0. The van der Waals surface area contributed by atoms with Crippen molar-refractivity contribution in [2.75, 3.05) is 13.1 Å². The van der Waals surface area contributed by atoms with Crippen molar-refractivity contribution in [1.82, 2.24) is 5.32 Å². The van der Waals surface area contributed by atoms with E-state index in [-0.39, 0.29) is 6.10 Å². The highest BCUT2D eigenvalue weighted by Gasteiger charge is 2.13. The fourth-order valence-corrected chi connectivity index (χ4v) is 2.45. The Morgan fingerprint density at radius 1 is 1.10 bits per heavy atom. The number of hydrogen-bond acceptors (Lipinski definition) is 2. The van der Waals surface area contributed by atoms with Crippen LogP contribution in [-0.4, -0.2) is 13.1 Å². The van der Waals surface area contributed by atoms with Gasteiger partial charge in [-0.25, -0.2) is 0 Å². The van der Waals surface area contributed by atoms with Crippen molar-refractivity contribution in [3.8, 4) is 0 Å². The maximum absolute atomic E-state index is 6.17. The minimum atomic E-state index is -0.0556. The molecule has 112 valence electrons. The van der Waals surface area contributed by atoms with Gasteiger partial charge in [0.1, 0.15) is 0 Å². The van der Waals surface area contributed by atoms with Crippen molar-refractivity contribution in [3.63, 3.8) is 0 Å². The molecule has 0 amide bonds. The zero-order valence-corrected chi connectivity index (χ0v) is 13.5. The quantitative estimate of drug-likeness (QED) is 0.785. The van der Waals surface area contributed by atoms with Crippen LogP contribution in [0.1, 0.15) is 24.2 Å². The summed E-state index contributed by atoms with van der Waals surface area (Å²) in [6.07, 6.45) is -0.0556. The minimum absolute atomic E-state index is 0.0556. The monoisotopic (exact) mass is 323 g/mol. The first kappa shape index (κ1) is 16.3. The maximum Gasteiger partial charge on any atom is 0.0954 e. The molecular formula is C17H19Cl2NO. The summed E-state index contributed by atoms with van der Waals surface area (Å²) in [5.41, 5.74) is 2.05. The van der Waals surface area contributed by atoms with Crippen LogP contribution in [0.3, 0.4) is 0 Å². The summed E-state index contributed by atoms with van der Waals surface area (Å²) in [6, 6.07) is 15.5. The number of benzene rings is 2. The van der Waals surface area contributed by atoms with Crippen LogP contribution in [0, 0.1) is 0 Å². The summed E-state index contributed by atoms with van der Waals surface area (Å²) >= 11 is 12.2. The van der Waals surface area contributed by atoms with Crippen molar-refractivity contribution in [3.05, 3.63) is 69.7 Å². The topological polar surface area (TPSA) is 21.3 Å². The molecule has 0 aliphatic heterocycles. The lowest BCUT2D eigenvalue weighted by molar-refractivity contribution is 0.0402. The van der Waals surface area contributed by atoms with Gasteiger partial charge in [-0.05, 0) is 35.9 Å². The van der Waals surface area contributed by atoms with Crippen molar-refractivity contribution < 1.29 is 4.74 Å². The lowest BCUT2D eigenvalue weighted by Gasteiger charge is -2.19. The zero-order chi connectivity index (χ0) is 15.1. The first-order chi connectivity index (χ1) is 10.2. The third kappa shape index (κ3) is 5.01. The first-order valence-corrected chi connectivity index (χ1v) is 7.77. The van der Waals surface area contributed by atoms with Crippen LogP contribution in [0.2, 0.25) is 10.0 Å². The van der Waals surface area contributed by atoms with Crippen molar-refractivity contribution in [1.29, 1.82) is 0 Å². The van der Waals surface area contributed by atoms with Gasteiger partial charge in [-0.1, -0.05) is 60.5 Å². The number of ether oxygens (including phenoxy) is 1. The SMILES string of the molecule is CCNCC(OCc1ccccc1Cl)c1cccc(Cl)c1. The van der Waals surface area contributed by atoms with Gasteiger partial charge in [-0.2, -0.15) is 0 Å². The highest BCUT2D eigenvalue weighted by atomic mass is 35.5. The predicted molar refractivity (Wildman–Crippen MR) is 89.0 cm³/mol. The molecule has 0 saturated carbocycles. The van der Waals surface area contributed by atoms with Gasteiger partial charge in [-0.15, -0.1) is 0 Å². The third-order valence-corrected chi connectivity index (χ3v) is 3.80. The molecule has 0 radical (unpaired) electrons. The van der Waals surface area contributed by atoms with E-state index in [0.29, 0.717) is 6.61 Å². The molecule has 4 heteroatoms. The number of rotatable bonds is 7. The second kappa shape index (κ2) is 8.40. The van der Waals surface area contributed by atoms with Gasteiger partial charge >= 0.3 is 0 Å². The second-order valence-electron chi connectivity index (χ2n) is 4.75. The van der Waals surface area contributed by atoms with Crippen LogP contribution in [0.25, 0.3) is 0 Å². The van der Waals surface area contributed by atoms with Crippen molar-refractivity contribution in [2.45, 2.75) is 19.6 Å². The van der Waals surface area contributed by atoms with Crippen LogP contribution in [-0.2, 0) is 11.3 Å². The summed E-state index contributed by atoms with van der Waals surface area (Å²) in [5, 5.41) is 4.76. The van der Waals surface area contributed by atoms with E-state index < -0.39 is 0 Å². The summed E-state index contributed by atoms with van der Waals surface area (Å²) in [5.74, 6) is 0. The Morgan fingerprint density at radius 2 is 1.90 bits per heavy atom. The Morgan fingerprint density at radius 3 is 2.62 bits per heavy atom. The lowest BCUT2D eigenvalue weighted by Crippen LogP contribution is -2.23. The van der Waals surface area contributed by atoms with E-state index in [1.807, 2.05) is 48.5 Å². The van der Waals surface area contributed by atoms with E-state index in [1.54, 1.807) is 0 Å². The van der Waals surface area contributed by atoms with Crippen LogP contribution in [0.5, 0.6) is 0 Å². The first-order valence-electron chi connectivity index (χ1n) is 7.02. The molecule has 2 rings (SSSR count). The molecule has 21 heavy (non-hydrogen) atoms. The molecule has 0 bridgehead atoms. The molecule has 0 spiro atoms. The average Bonchev–Trinajstić information content (AvgIpc) is 2.49. The molecule has 0 aliphatic rings. The van der Waals surface area contributed by atoms with E-state index in [0.717, 1.165) is 34.3 Å². The van der Waals surface area contributed by atoms with Crippen molar-refractivity contribution >= 4 is 23.2 Å². The lowest BCUT2D eigenvalue weighted by atomic mass is 10.1. The Hall–Kier alpha value is -1.06. The maximum atomic E-state index is 6.17. The van der Waals surface area contributed by atoms with Crippen LogP contribution in [0.15, 0.2) is 48.5 Å². The fourth-order valence-electron chi connectivity index (χ4n) is 2.06. The fraction of sp³-hybridized carbons (Fsp3) is 0.294. The molecule has 2 nitrogen and oxygen atoms in total. The van der Waals surface area contributed by atoms with Gasteiger partial charge in [0, 0.05) is 16.6 Å². The molecule has 0 fully saturated rings. The molecule has 0 aromatic heterocycles. The molecule has 2 aromatic carbocycles. The van der Waals surface area contributed by atoms with Gasteiger partial charge in [0.15, 0.2) is 0 Å². The van der Waals surface area contributed by atoms with Crippen LogP contribution >= 0.6 is 23.2 Å². The van der Waals surface area contributed by atoms with Gasteiger partial charge in [0.2, 0.25) is 0 Å². The molecule has 2 aromatic rings. The van der Waals surface area contributed by atoms with E-state index in [1.165, 1.54) is 0 Å². The van der Waals surface area contributed by atoms with Gasteiger partial charge in [0.25, 0.3) is 0 Å². The summed E-state index contributed by atoms with van der Waals surface area (Å²) < 4.78 is 6.05. The Balaban J connectivity index is 2.08. The molecule has 0 heterocycles. The smallest absolute Gasteiger partial charge is 0.0954 e. The Labute approximate surface area is 136 Å². The number of hydrogen-bond donors (Lipinski definition) is 1. The number of likely N-dealkylation sites (N-methyl/N-ethyl adjacent to an activating group) is 1. The molecule has 1 N–H and O–H groups in total. The van der Waals surface area contributed by atoms with E-state index in [2.05, 4.69) is 12.2 Å². The second-order valence-corrected chi connectivity index (χ2v) is 5.60. The molecular weight excluding hydrogens is 305 g/mol. The highest BCUT2D eigenvalue weighted by Crippen LogP contribution is 2.23. The Bertz CT molecular complexity index is 574. The standard InChI is InChI=1S/C17H19Cl2NO/c1-2-20-11-17(13-7-5-8-15(18)10-13)21-12-14-6-3-4-9-16(14)19/h3-10,17,20H,2,11-12H2,1H3. The van der Waals surface area contributed by atoms with E-state index in [4.69, 9.17) is 27.9 Å². The third-order valence-electron chi connectivity index (χ3n) is 3.20. The van der Waals surface area contributed by atoms with Gasteiger partial charge < -0.3 is 10.1 Å². The highest BCUT2D eigenvalue weighted by molar-refractivity contribution is 6.31. The van der Waals surface area contributed by atoms with E-state index >= 15 is 0 Å². The normalized spacial score (nSPS) is 12.3. The number of nitrogens with one attached hydrogen (secondary N) is 1. The minimum Gasteiger partial charge on any atom is -0.367 e. The largest absolute Gasteiger partial charge is 0.367 e. The number of halogens is 2. The van der Waals surface area contributed by atoms with Gasteiger partial charge in [0.05, 0.1) is 12.7 Å². The van der Waals surface area contributed by atoms with Crippen molar-refractivity contribution in [2.24, 2.45) is 0 Å². The van der Waals surface area contributed by atoms with Crippen LogP contribution < -0.4 is 5.32 Å². The average molecular weight is 324 g/mol. The Kier molecular flexibility index (Phi) is 6.52. The molecule has 0 saturated heterocycles. The van der Waals surface area contributed by atoms with E-state index in [9.17, 15) is 0 Å².